The van der Waals surface area contributed by atoms with Gasteiger partial charge >= 0.3 is 0 Å². The Morgan fingerprint density at radius 2 is 2.25 bits per heavy atom. The summed E-state index contributed by atoms with van der Waals surface area (Å²) < 4.78 is 13.9. The molecule has 0 spiro atoms. The molecule has 6 nitrogen and oxygen atoms in total. The Kier molecular flexibility index (Phi) is 6.49. The van der Waals surface area contributed by atoms with Gasteiger partial charge in [0.25, 0.3) is 0 Å². The molecule has 0 saturated carbocycles. The van der Waals surface area contributed by atoms with E-state index in [9.17, 15) is 4.39 Å². The first kappa shape index (κ1) is 20.5. The Balaban J connectivity index is 1.46. The maximum Gasteiger partial charge on any atom is 0.191 e. The summed E-state index contributed by atoms with van der Waals surface area (Å²) in [5, 5.41) is 10.1. The van der Waals surface area contributed by atoms with Gasteiger partial charge in [0.15, 0.2) is 17.6 Å². The van der Waals surface area contributed by atoms with Gasteiger partial charge in [0.2, 0.25) is 0 Å². The zero-order chi connectivity index (χ0) is 20.1. The first-order valence-corrected chi connectivity index (χ1v) is 10.5. The molecule has 2 aromatic heterocycles. The molecular weight excluding hydrogens is 375 g/mol. The third kappa shape index (κ3) is 5.19. The van der Waals surface area contributed by atoms with Crippen LogP contribution in [0.2, 0.25) is 0 Å². The summed E-state index contributed by atoms with van der Waals surface area (Å²) in [5.74, 6) is 0.915. The third-order valence-corrected chi connectivity index (χ3v) is 5.65. The van der Waals surface area contributed by atoms with Gasteiger partial charge in [0.05, 0.1) is 10.7 Å². The van der Waals surface area contributed by atoms with Crippen LogP contribution in [0, 0.1) is 5.82 Å². The van der Waals surface area contributed by atoms with Gasteiger partial charge in [-0.05, 0) is 18.6 Å². The minimum absolute atomic E-state index is 0.0845. The van der Waals surface area contributed by atoms with Crippen LogP contribution in [0.1, 0.15) is 37.9 Å². The van der Waals surface area contributed by atoms with Crippen LogP contribution in [0.25, 0.3) is 0 Å². The number of hydrogen-bond acceptors (Lipinski definition) is 5. The Hall–Kier alpha value is -2.22. The summed E-state index contributed by atoms with van der Waals surface area (Å²) in [6, 6.07) is 3.27. The van der Waals surface area contributed by atoms with E-state index in [4.69, 9.17) is 4.98 Å². The standard InChI is InChI=1S/C20H29FN6S/c1-20(2,3)16-13-28-17(26-16)7-10-24-19(22-4)25-14-8-11-27(12-14)18-15(21)6-5-9-23-18/h5-6,9,13-14H,7-8,10-12H2,1-4H3,(H2,22,24,25). The second kappa shape index (κ2) is 8.86. The summed E-state index contributed by atoms with van der Waals surface area (Å²) in [7, 11) is 1.77. The molecule has 0 aliphatic carbocycles. The van der Waals surface area contributed by atoms with Crippen molar-refractivity contribution in [3.8, 4) is 0 Å². The topological polar surface area (TPSA) is 65.4 Å². The number of nitrogens with one attached hydrogen (secondary N) is 2. The van der Waals surface area contributed by atoms with Crippen LogP contribution in [0.5, 0.6) is 0 Å². The Morgan fingerprint density at radius 3 is 2.93 bits per heavy atom. The summed E-state index contributed by atoms with van der Waals surface area (Å²) in [6.07, 6.45) is 3.40. The van der Waals surface area contributed by atoms with Crippen LogP contribution in [-0.2, 0) is 11.8 Å². The van der Waals surface area contributed by atoms with Crippen LogP contribution < -0.4 is 15.5 Å². The van der Waals surface area contributed by atoms with Gasteiger partial charge in [0.1, 0.15) is 0 Å². The fourth-order valence-electron chi connectivity index (χ4n) is 3.13. The SMILES string of the molecule is CN=C(NCCc1nc(C(C)(C)C)cs1)NC1CCN(c2ncccc2F)C1. The summed E-state index contributed by atoms with van der Waals surface area (Å²) in [4.78, 5) is 15.2. The molecule has 3 heterocycles. The van der Waals surface area contributed by atoms with E-state index >= 15 is 0 Å². The highest BCUT2D eigenvalue weighted by atomic mass is 32.1. The molecule has 1 aliphatic heterocycles. The van der Waals surface area contributed by atoms with Crippen LogP contribution in [-0.4, -0.2) is 48.7 Å². The van der Waals surface area contributed by atoms with Crippen molar-refractivity contribution in [2.45, 2.75) is 45.1 Å². The molecule has 3 rings (SSSR count). The number of aromatic nitrogens is 2. The molecule has 0 radical (unpaired) electrons. The molecule has 1 aliphatic rings. The number of aliphatic imine (C=N–C) groups is 1. The first-order valence-electron chi connectivity index (χ1n) is 9.64. The van der Waals surface area contributed by atoms with Gasteiger partial charge in [-0.2, -0.15) is 0 Å². The van der Waals surface area contributed by atoms with Crippen molar-refractivity contribution in [2.24, 2.45) is 4.99 Å². The lowest BCUT2D eigenvalue weighted by molar-refractivity contribution is 0.570. The number of pyridine rings is 1. The lowest BCUT2D eigenvalue weighted by atomic mass is 9.93. The molecule has 0 bridgehead atoms. The van der Waals surface area contributed by atoms with Crippen LogP contribution >= 0.6 is 11.3 Å². The van der Waals surface area contributed by atoms with Crippen molar-refractivity contribution >= 4 is 23.1 Å². The van der Waals surface area contributed by atoms with Crippen molar-refractivity contribution in [1.29, 1.82) is 0 Å². The highest BCUT2D eigenvalue weighted by Gasteiger charge is 2.26. The highest BCUT2D eigenvalue weighted by Crippen LogP contribution is 2.24. The van der Waals surface area contributed by atoms with Crippen molar-refractivity contribution in [3.63, 3.8) is 0 Å². The van der Waals surface area contributed by atoms with E-state index < -0.39 is 0 Å². The van der Waals surface area contributed by atoms with E-state index in [2.05, 4.69) is 46.8 Å². The smallest absolute Gasteiger partial charge is 0.191 e. The molecule has 0 aromatic carbocycles. The van der Waals surface area contributed by atoms with Crippen LogP contribution in [0.15, 0.2) is 28.7 Å². The zero-order valence-electron chi connectivity index (χ0n) is 17.0. The Morgan fingerprint density at radius 1 is 1.43 bits per heavy atom. The average molecular weight is 405 g/mol. The maximum absolute atomic E-state index is 13.9. The third-order valence-electron chi connectivity index (χ3n) is 4.74. The molecular formula is C20H29FN6S. The lowest BCUT2D eigenvalue weighted by Crippen LogP contribution is -2.45. The summed E-state index contributed by atoms with van der Waals surface area (Å²) in [5.41, 5.74) is 1.23. The van der Waals surface area contributed by atoms with Gasteiger partial charge in [-0.25, -0.2) is 14.4 Å². The fraction of sp³-hybridized carbons (Fsp3) is 0.550. The number of thiazole rings is 1. The number of hydrogen-bond donors (Lipinski definition) is 2. The number of guanidine groups is 1. The molecule has 28 heavy (non-hydrogen) atoms. The van der Waals surface area contributed by atoms with Gasteiger partial charge in [-0.15, -0.1) is 11.3 Å². The van der Waals surface area contributed by atoms with E-state index in [-0.39, 0.29) is 17.3 Å². The zero-order valence-corrected chi connectivity index (χ0v) is 17.8. The Bertz CT molecular complexity index is 813. The van der Waals surface area contributed by atoms with Crippen molar-refractivity contribution in [1.82, 2.24) is 20.6 Å². The average Bonchev–Trinajstić information content (AvgIpc) is 3.30. The van der Waals surface area contributed by atoms with E-state index in [0.29, 0.717) is 12.4 Å². The molecule has 1 fully saturated rings. The molecule has 0 amide bonds. The van der Waals surface area contributed by atoms with Gasteiger partial charge in [-0.3, -0.25) is 4.99 Å². The minimum atomic E-state index is -0.274. The molecule has 2 aromatic rings. The molecule has 1 saturated heterocycles. The van der Waals surface area contributed by atoms with E-state index in [1.165, 1.54) is 6.07 Å². The fourth-order valence-corrected chi connectivity index (χ4v) is 4.15. The van der Waals surface area contributed by atoms with E-state index in [1.807, 2.05) is 4.90 Å². The summed E-state index contributed by atoms with van der Waals surface area (Å²) >= 11 is 1.71. The Labute approximate surface area is 170 Å². The second-order valence-electron chi connectivity index (χ2n) is 8.01. The minimum Gasteiger partial charge on any atom is -0.356 e. The second-order valence-corrected chi connectivity index (χ2v) is 8.95. The predicted octanol–water partition coefficient (Wildman–Crippen LogP) is 2.96. The molecule has 152 valence electrons. The largest absolute Gasteiger partial charge is 0.356 e. The predicted molar refractivity (Wildman–Crippen MR) is 114 cm³/mol. The molecule has 8 heteroatoms. The highest BCUT2D eigenvalue weighted by molar-refractivity contribution is 7.09. The van der Waals surface area contributed by atoms with Crippen molar-refractivity contribution < 1.29 is 4.39 Å². The number of rotatable bonds is 5. The molecule has 1 atom stereocenters. The maximum atomic E-state index is 13.9. The van der Waals surface area contributed by atoms with Crippen LogP contribution in [0.4, 0.5) is 10.2 Å². The summed E-state index contributed by atoms with van der Waals surface area (Å²) in [6.45, 7) is 8.78. The lowest BCUT2D eigenvalue weighted by Gasteiger charge is -2.19. The molecule has 1 unspecified atom stereocenters. The number of halogens is 1. The molecule has 2 N–H and O–H groups in total. The quantitative estimate of drug-likeness (QED) is 0.593. The van der Waals surface area contributed by atoms with Gasteiger partial charge in [-0.1, -0.05) is 20.8 Å². The normalized spacial score (nSPS) is 17.8. The number of nitrogens with zero attached hydrogens (tertiary/aromatic N) is 4. The van der Waals surface area contributed by atoms with Crippen molar-refractivity contribution in [3.05, 3.63) is 40.2 Å². The van der Waals surface area contributed by atoms with E-state index in [0.717, 1.165) is 42.6 Å². The van der Waals surface area contributed by atoms with Gasteiger partial charge in [0, 0.05) is 56.1 Å². The van der Waals surface area contributed by atoms with Crippen molar-refractivity contribution in [2.75, 3.05) is 31.6 Å². The van der Waals surface area contributed by atoms with Gasteiger partial charge < -0.3 is 15.5 Å². The number of anilines is 1. The monoisotopic (exact) mass is 404 g/mol. The first-order chi connectivity index (χ1) is 13.4. The van der Waals surface area contributed by atoms with E-state index in [1.54, 1.807) is 30.6 Å². The van der Waals surface area contributed by atoms with Crippen LogP contribution in [0.3, 0.4) is 0 Å².